The van der Waals surface area contributed by atoms with Crippen molar-refractivity contribution in [3.8, 4) is 0 Å². The van der Waals surface area contributed by atoms with Gasteiger partial charge in [-0.25, -0.2) is 8.42 Å². The zero-order valence-corrected chi connectivity index (χ0v) is 12.9. The minimum absolute atomic E-state index is 0.111. The molecule has 0 amide bonds. The summed E-state index contributed by atoms with van der Waals surface area (Å²) in [6, 6.07) is 0.591. The van der Waals surface area contributed by atoms with Crippen LogP contribution in [0.4, 0.5) is 5.69 Å². The van der Waals surface area contributed by atoms with E-state index in [1.165, 1.54) is 6.20 Å². The molecule has 0 unspecified atom stereocenters. The van der Waals surface area contributed by atoms with E-state index in [9.17, 15) is 8.42 Å². The Morgan fingerprint density at radius 2 is 2.00 bits per heavy atom. The Bertz CT molecular complexity index is 480. The van der Waals surface area contributed by atoms with Crippen LogP contribution in [0.15, 0.2) is 12.4 Å². The molecule has 2 N–H and O–H groups in total. The number of sulfonamides is 1. The van der Waals surface area contributed by atoms with Crippen LogP contribution in [0.5, 0.6) is 0 Å². The summed E-state index contributed by atoms with van der Waals surface area (Å²) in [4.78, 5) is 0. The van der Waals surface area contributed by atoms with Gasteiger partial charge < -0.3 is 5.32 Å². The van der Waals surface area contributed by atoms with Gasteiger partial charge in [0.05, 0.1) is 17.6 Å². The van der Waals surface area contributed by atoms with Crippen LogP contribution in [0.3, 0.4) is 0 Å². The molecule has 1 aromatic rings. The molecule has 0 aliphatic rings. The van der Waals surface area contributed by atoms with Crippen LogP contribution < -0.4 is 10.0 Å². The van der Waals surface area contributed by atoms with Crippen molar-refractivity contribution >= 4 is 15.7 Å². The molecule has 0 saturated heterocycles. The smallest absolute Gasteiger partial charge is 0.232 e. The number of nitrogens with zero attached hydrogens (tertiary/aromatic N) is 2. The number of rotatable bonds is 8. The molecule has 7 heteroatoms. The molecular weight excluding hydrogens is 264 g/mol. The van der Waals surface area contributed by atoms with Gasteiger partial charge in [0, 0.05) is 18.3 Å². The number of aromatic nitrogens is 2. The van der Waals surface area contributed by atoms with Gasteiger partial charge in [0.1, 0.15) is 0 Å². The van der Waals surface area contributed by atoms with Crippen LogP contribution in [0.25, 0.3) is 0 Å². The maximum atomic E-state index is 11.8. The second-order valence-electron chi connectivity index (χ2n) is 5.19. The average molecular weight is 288 g/mol. The van der Waals surface area contributed by atoms with Crippen molar-refractivity contribution in [1.29, 1.82) is 0 Å². The molecule has 0 aromatic carbocycles. The van der Waals surface area contributed by atoms with Gasteiger partial charge in [-0.3, -0.25) is 9.40 Å². The minimum Gasteiger partial charge on any atom is -0.314 e. The van der Waals surface area contributed by atoms with Crippen LogP contribution in [0.1, 0.15) is 40.2 Å². The third kappa shape index (κ3) is 6.07. The maximum absolute atomic E-state index is 11.8. The summed E-state index contributed by atoms with van der Waals surface area (Å²) >= 11 is 0. The maximum Gasteiger partial charge on any atom is 0.232 e. The lowest BCUT2D eigenvalue weighted by molar-refractivity contribution is 0.532. The predicted molar refractivity (Wildman–Crippen MR) is 77.8 cm³/mol. The summed E-state index contributed by atoms with van der Waals surface area (Å²) < 4.78 is 28.0. The van der Waals surface area contributed by atoms with E-state index in [4.69, 9.17) is 0 Å². The molecule has 19 heavy (non-hydrogen) atoms. The van der Waals surface area contributed by atoms with Gasteiger partial charge >= 0.3 is 0 Å². The standard InChI is InChI=1S/C12H24N4O2S/c1-10(2)13-6-5-7-19(17,18)15-12-8-14-16(9-12)11(3)4/h8-11,13,15H,5-7H2,1-4H3. The first kappa shape index (κ1) is 16.0. The highest BCUT2D eigenvalue weighted by atomic mass is 32.2. The highest BCUT2D eigenvalue weighted by Crippen LogP contribution is 2.11. The second-order valence-corrected chi connectivity index (χ2v) is 7.03. The monoisotopic (exact) mass is 288 g/mol. The molecule has 0 bridgehead atoms. The lowest BCUT2D eigenvalue weighted by Gasteiger charge is -2.09. The van der Waals surface area contributed by atoms with E-state index in [0.717, 1.165) is 0 Å². The lowest BCUT2D eigenvalue weighted by Crippen LogP contribution is -2.26. The fourth-order valence-corrected chi connectivity index (χ4v) is 2.65. The molecule has 0 aliphatic carbocycles. The molecule has 0 saturated carbocycles. The Kier molecular flexibility index (Phi) is 5.81. The Morgan fingerprint density at radius 1 is 1.32 bits per heavy atom. The molecule has 0 fully saturated rings. The van der Waals surface area contributed by atoms with Crippen LogP contribution in [0, 0.1) is 0 Å². The normalized spacial score (nSPS) is 12.3. The van der Waals surface area contributed by atoms with Crippen LogP contribution in [-0.2, 0) is 10.0 Å². The SMILES string of the molecule is CC(C)NCCCS(=O)(=O)Nc1cnn(C(C)C)c1. The Balaban J connectivity index is 2.45. The van der Waals surface area contributed by atoms with Crippen molar-refractivity contribution in [2.45, 2.75) is 46.2 Å². The molecule has 0 aliphatic heterocycles. The second kappa shape index (κ2) is 6.91. The van der Waals surface area contributed by atoms with E-state index in [1.54, 1.807) is 10.9 Å². The molecule has 110 valence electrons. The van der Waals surface area contributed by atoms with Crippen molar-refractivity contribution in [3.05, 3.63) is 12.4 Å². The fourth-order valence-electron chi connectivity index (χ4n) is 1.56. The summed E-state index contributed by atoms with van der Waals surface area (Å²) in [7, 11) is -3.29. The number of anilines is 1. The average Bonchev–Trinajstić information content (AvgIpc) is 2.72. The zero-order chi connectivity index (χ0) is 14.5. The zero-order valence-electron chi connectivity index (χ0n) is 12.0. The van der Waals surface area contributed by atoms with Gasteiger partial charge in [-0.2, -0.15) is 5.10 Å². The summed E-state index contributed by atoms with van der Waals surface area (Å²) in [6.07, 6.45) is 3.82. The van der Waals surface area contributed by atoms with Crippen LogP contribution >= 0.6 is 0 Å². The molecular formula is C12H24N4O2S. The number of hydrogen-bond acceptors (Lipinski definition) is 4. The van der Waals surface area contributed by atoms with Crippen molar-refractivity contribution in [3.63, 3.8) is 0 Å². The van der Waals surface area contributed by atoms with E-state index >= 15 is 0 Å². The largest absolute Gasteiger partial charge is 0.314 e. The van der Waals surface area contributed by atoms with Gasteiger partial charge in [0.25, 0.3) is 0 Å². The molecule has 0 spiro atoms. The summed E-state index contributed by atoms with van der Waals surface area (Å²) in [6.45, 7) is 8.75. The molecule has 1 heterocycles. The lowest BCUT2D eigenvalue weighted by atomic mass is 10.4. The minimum atomic E-state index is -3.29. The highest BCUT2D eigenvalue weighted by molar-refractivity contribution is 7.92. The van der Waals surface area contributed by atoms with Gasteiger partial charge in [-0.15, -0.1) is 0 Å². The Hall–Kier alpha value is -1.08. The van der Waals surface area contributed by atoms with E-state index < -0.39 is 10.0 Å². The van der Waals surface area contributed by atoms with E-state index in [2.05, 4.69) is 15.1 Å². The number of hydrogen-bond donors (Lipinski definition) is 2. The first-order valence-electron chi connectivity index (χ1n) is 6.58. The van der Waals surface area contributed by atoms with E-state index in [0.29, 0.717) is 24.7 Å². The van der Waals surface area contributed by atoms with Gasteiger partial charge in [0.2, 0.25) is 10.0 Å². The van der Waals surface area contributed by atoms with Crippen molar-refractivity contribution in [2.75, 3.05) is 17.0 Å². The van der Waals surface area contributed by atoms with E-state index in [-0.39, 0.29) is 11.8 Å². The predicted octanol–water partition coefficient (Wildman–Crippen LogP) is 1.59. The van der Waals surface area contributed by atoms with Gasteiger partial charge in [-0.1, -0.05) is 13.8 Å². The summed E-state index contributed by atoms with van der Waals surface area (Å²) in [5.74, 6) is 0.111. The Labute approximate surface area is 115 Å². The van der Waals surface area contributed by atoms with Crippen LogP contribution in [0.2, 0.25) is 0 Å². The summed E-state index contributed by atoms with van der Waals surface area (Å²) in [5.41, 5.74) is 0.519. The third-order valence-corrected chi connectivity index (χ3v) is 3.92. The van der Waals surface area contributed by atoms with Crippen molar-refractivity contribution in [1.82, 2.24) is 15.1 Å². The van der Waals surface area contributed by atoms with Crippen molar-refractivity contribution < 1.29 is 8.42 Å². The quantitative estimate of drug-likeness (QED) is 0.712. The summed E-state index contributed by atoms with van der Waals surface area (Å²) in [5, 5.41) is 7.29. The molecule has 0 radical (unpaired) electrons. The molecule has 6 nitrogen and oxygen atoms in total. The first-order chi connectivity index (χ1) is 8.80. The van der Waals surface area contributed by atoms with Crippen molar-refractivity contribution in [2.24, 2.45) is 0 Å². The van der Waals surface area contributed by atoms with Gasteiger partial charge in [0.15, 0.2) is 0 Å². The Morgan fingerprint density at radius 3 is 2.53 bits per heavy atom. The third-order valence-electron chi connectivity index (χ3n) is 2.55. The highest BCUT2D eigenvalue weighted by Gasteiger charge is 2.12. The van der Waals surface area contributed by atoms with Crippen LogP contribution in [-0.4, -0.2) is 36.5 Å². The fraction of sp³-hybridized carbons (Fsp3) is 0.750. The molecule has 1 rings (SSSR count). The molecule has 0 atom stereocenters. The number of nitrogens with one attached hydrogen (secondary N) is 2. The first-order valence-corrected chi connectivity index (χ1v) is 8.23. The molecule has 1 aromatic heterocycles. The van der Waals surface area contributed by atoms with Gasteiger partial charge in [-0.05, 0) is 26.8 Å². The topological polar surface area (TPSA) is 76.0 Å². The van der Waals surface area contributed by atoms with E-state index in [1.807, 2.05) is 27.7 Å².